The monoisotopic (exact) mass is 376 g/mol. The van der Waals surface area contributed by atoms with E-state index in [1.165, 1.54) is 0 Å². The van der Waals surface area contributed by atoms with E-state index in [1.54, 1.807) is 6.08 Å². The van der Waals surface area contributed by atoms with Crippen LogP contribution in [0, 0.1) is 0 Å². The normalized spacial score (nSPS) is 11.5. The molecule has 0 fully saturated rings. The summed E-state index contributed by atoms with van der Waals surface area (Å²) in [6, 6.07) is 7.78. The number of aliphatic imine (C=N–C) groups is 1. The van der Waals surface area contributed by atoms with Gasteiger partial charge in [-0.25, -0.2) is 9.79 Å². The summed E-state index contributed by atoms with van der Waals surface area (Å²) >= 11 is 0. The van der Waals surface area contributed by atoms with Gasteiger partial charge in [0.1, 0.15) is 18.0 Å². The molecular formula is C20H32N4O3. The van der Waals surface area contributed by atoms with Gasteiger partial charge in [-0.15, -0.1) is 0 Å². The van der Waals surface area contributed by atoms with Gasteiger partial charge in [-0.2, -0.15) is 0 Å². The maximum absolute atomic E-state index is 11.6. The maximum atomic E-state index is 11.6. The lowest BCUT2D eigenvalue weighted by atomic mass is 10.2. The fraction of sp³-hybridized carbons (Fsp3) is 0.500. The number of nitrogens with one attached hydrogen (secondary N) is 3. The van der Waals surface area contributed by atoms with Gasteiger partial charge in [0.25, 0.3) is 0 Å². The lowest BCUT2D eigenvalue weighted by molar-refractivity contribution is 0.0529. The first-order valence-corrected chi connectivity index (χ1v) is 9.16. The highest BCUT2D eigenvalue weighted by Gasteiger charge is 2.15. The van der Waals surface area contributed by atoms with Gasteiger partial charge in [0, 0.05) is 25.2 Å². The Morgan fingerprint density at radius 2 is 1.89 bits per heavy atom. The Morgan fingerprint density at radius 1 is 1.19 bits per heavy atom. The summed E-state index contributed by atoms with van der Waals surface area (Å²) in [5, 5.41) is 9.07. The van der Waals surface area contributed by atoms with Crippen molar-refractivity contribution in [2.75, 3.05) is 26.2 Å². The zero-order valence-corrected chi connectivity index (χ0v) is 16.8. The van der Waals surface area contributed by atoms with E-state index < -0.39 is 11.7 Å². The molecule has 7 heteroatoms. The molecule has 0 spiro atoms. The molecule has 1 amide bonds. The number of para-hydroxylation sites is 1. The van der Waals surface area contributed by atoms with Gasteiger partial charge in [-0.05, 0) is 33.8 Å². The molecule has 0 aromatic heterocycles. The van der Waals surface area contributed by atoms with Crippen LogP contribution in [0.5, 0.6) is 5.75 Å². The van der Waals surface area contributed by atoms with Gasteiger partial charge < -0.3 is 25.4 Å². The number of carbonyl (C=O) groups excluding carboxylic acids is 1. The summed E-state index contributed by atoms with van der Waals surface area (Å²) in [5.41, 5.74) is 0.484. The van der Waals surface area contributed by atoms with Crippen molar-refractivity contribution in [2.24, 2.45) is 4.99 Å². The molecule has 27 heavy (non-hydrogen) atoms. The summed E-state index contributed by atoms with van der Waals surface area (Å²) in [5.74, 6) is 1.46. The van der Waals surface area contributed by atoms with Crippen molar-refractivity contribution in [3.05, 3.63) is 42.5 Å². The minimum Gasteiger partial charge on any atom is -0.489 e. The van der Waals surface area contributed by atoms with Crippen LogP contribution in [0.25, 0.3) is 0 Å². The molecule has 0 unspecified atom stereocenters. The first-order valence-electron chi connectivity index (χ1n) is 9.16. The summed E-state index contributed by atoms with van der Waals surface area (Å²) in [6.45, 7) is 13.8. The van der Waals surface area contributed by atoms with Crippen LogP contribution < -0.4 is 20.7 Å². The van der Waals surface area contributed by atoms with Crippen LogP contribution >= 0.6 is 0 Å². The van der Waals surface area contributed by atoms with Crippen LogP contribution in [-0.2, 0) is 11.3 Å². The second-order valence-corrected chi connectivity index (χ2v) is 6.76. The van der Waals surface area contributed by atoms with E-state index in [0.29, 0.717) is 32.2 Å². The largest absolute Gasteiger partial charge is 0.489 e. The Morgan fingerprint density at radius 3 is 2.56 bits per heavy atom. The third-order valence-electron chi connectivity index (χ3n) is 3.17. The minimum atomic E-state index is -0.505. The number of guanidine groups is 1. The highest BCUT2D eigenvalue weighted by Crippen LogP contribution is 2.18. The molecule has 0 bridgehead atoms. The number of alkyl carbamates (subject to hydrolysis) is 1. The van der Waals surface area contributed by atoms with Gasteiger partial charge in [0.2, 0.25) is 0 Å². The van der Waals surface area contributed by atoms with Crippen molar-refractivity contribution in [1.29, 1.82) is 0 Å². The first kappa shape index (κ1) is 22.3. The maximum Gasteiger partial charge on any atom is 0.407 e. The standard InChI is InChI=1S/C20H32N4O3/c1-6-14-26-17-11-9-8-10-16(17)15-24-18(21-7-2)22-12-13-23-19(25)27-20(3,4)5/h6,8-11H,1,7,12-15H2,2-5H3,(H,23,25)(H2,21,22,24). The number of hydrogen-bond donors (Lipinski definition) is 3. The van der Waals surface area contributed by atoms with Gasteiger partial charge in [-0.3, -0.25) is 0 Å². The van der Waals surface area contributed by atoms with Gasteiger partial charge in [-0.1, -0.05) is 30.9 Å². The van der Waals surface area contributed by atoms with E-state index in [2.05, 4.69) is 27.5 Å². The van der Waals surface area contributed by atoms with Crippen LogP contribution in [0.3, 0.4) is 0 Å². The number of hydrogen-bond acceptors (Lipinski definition) is 4. The lowest BCUT2D eigenvalue weighted by Crippen LogP contribution is -2.42. The number of rotatable bonds is 9. The van der Waals surface area contributed by atoms with E-state index in [1.807, 2.05) is 52.0 Å². The molecular weight excluding hydrogens is 344 g/mol. The Labute approximate surface area is 162 Å². The van der Waals surface area contributed by atoms with Crippen LogP contribution in [0.1, 0.15) is 33.3 Å². The summed E-state index contributed by atoms with van der Waals surface area (Å²) in [4.78, 5) is 16.2. The minimum absolute atomic E-state index is 0.429. The van der Waals surface area contributed by atoms with Crippen LogP contribution in [0.4, 0.5) is 4.79 Å². The summed E-state index contributed by atoms with van der Waals surface area (Å²) < 4.78 is 10.9. The van der Waals surface area contributed by atoms with Gasteiger partial charge >= 0.3 is 6.09 Å². The molecule has 0 saturated heterocycles. The molecule has 0 saturated carbocycles. The molecule has 0 aliphatic carbocycles. The highest BCUT2D eigenvalue weighted by atomic mass is 16.6. The summed E-state index contributed by atoms with van der Waals surface area (Å²) in [7, 11) is 0. The number of ether oxygens (including phenoxy) is 2. The molecule has 1 aromatic carbocycles. The molecule has 3 N–H and O–H groups in total. The van der Waals surface area contributed by atoms with Crippen molar-refractivity contribution in [3.8, 4) is 5.75 Å². The van der Waals surface area contributed by atoms with E-state index in [9.17, 15) is 4.79 Å². The van der Waals surface area contributed by atoms with Crippen molar-refractivity contribution in [3.63, 3.8) is 0 Å². The Bertz CT molecular complexity index is 624. The number of nitrogens with zero attached hydrogens (tertiary/aromatic N) is 1. The predicted octanol–water partition coefficient (Wildman–Crippen LogP) is 2.83. The number of carbonyl (C=O) groups is 1. The molecule has 0 radical (unpaired) electrons. The van der Waals surface area contributed by atoms with Crippen LogP contribution in [0.2, 0.25) is 0 Å². The van der Waals surface area contributed by atoms with E-state index >= 15 is 0 Å². The van der Waals surface area contributed by atoms with Crippen LogP contribution in [0.15, 0.2) is 41.9 Å². The Kier molecular flexibility index (Phi) is 9.79. The fourth-order valence-corrected chi connectivity index (χ4v) is 2.09. The van der Waals surface area contributed by atoms with E-state index in [4.69, 9.17) is 9.47 Å². The number of amides is 1. The second-order valence-electron chi connectivity index (χ2n) is 6.76. The molecule has 0 aliphatic heterocycles. The Balaban J connectivity index is 2.53. The van der Waals surface area contributed by atoms with Gasteiger partial charge in [0.05, 0.1) is 6.54 Å². The molecule has 1 rings (SSSR count). The second kappa shape index (κ2) is 11.8. The third kappa shape index (κ3) is 10.1. The van der Waals surface area contributed by atoms with Crippen LogP contribution in [-0.4, -0.2) is 43.9 Å². The van der Waals surface area contributed by atoms with E-state index in [-0.39, 0.29) is 0 Å². The first-order chi connectivity index (χ1) is 12.9. The van der Waals surface area contributed by atoms with Crippen molar-refractivity contribution >= 4 is 12.1 Å². The van der Waals surface area contributed by atoms with Crippen molar-refractivity contribution < 1.29 is 14.3 Å². The molecule has 7 nitrogen and oxygen atoms in total. The average molecular weight is 377 g/mol. The molecule has 1 aromatic rings. The molecule has 0 heterocycles. The molecule has 150 valence electrons. The van der Waals surface area contributed by atoms with Crippen molar-refractivity contribution in [2.45, 2.75) is 39.8 Å². The van der Waals surface area contributed by atoms with Gasteiger partial charge in [0.15, 0.2) is 5.96 Å². The SMILES string of the molecule is C=CCOc1ccccc1CN=C(NCC)NCCNC(=O)OC(C)(C)C. The average Bonchev–Trinajstić information content (AvgIpc) is 2.60. The molecule has 0 aliphatic rings. The molecule has 0 atom stereocenters. The van der Waals surface area contributed by atoms with E-state index in [0.717, 1.165) is 17.9 Å². The highest BCUT2D eigenvalue weighted by molar-refractivity contribution is 5.79. The zero-order valence-electron chi connectivity index (χ0n) is 16.8. The Hall–Kier alpha value is -2.70. The summed E-state index contributed by atoms with van der Waals surface area (Å²) in [6.07, 6.45) is 1.28. The smallest absolute Gasteiger partial charge is 0.407 e. The fourth-order valence-electron chi connectivity index (χ4n) is 2.09. The topological polar surface area (TPSA) is 84.0 Å². The predicted molar refractivity (Wildman–Crippen MR) is 109 cm³/mol. The quantitative estimate of drug-likeness (QED) is 0.267. The lowest BCUT2D eigenvalue weighted by Gasteiger charge is -2.20. The van der Waals surface area contributed by atoms with Crippen molar-refractivity contribution in [1.82, 2.24) is 16.0 Å². The zero-order chi connectivity index (χ0) is 20.1. The number of benzene rings is 1. The third-order valence-corrected chi connectivity index (χ3v) is 3.17.